The fourth-order valence-corrected chi connectivity index (χ4v) is 2.59. The van der Waals surface area contributed by atoms with E-state index in [1.165, 1.54) is 6.20 Å². The molecule has 0 fully saturated rings. The van der Waals surface area contributed by atoms with Gasteiger partial charge in [0.1, 0.15) is 4.88 Å². The number of hydrogen-bond donors (Lipinski definition) is 2. The summed E-state index contributed by atoms with van der Waals surface area (Å²) in [6.07, 6.45) is 1.32. The first-order valence-electron chi connectivity index (χ1n) is 4.47. The molecule has 0 aliphatic rings. The first kappa shape index (κ1) is 12.3. The number of halogens is 2. The standard InChI is InChI=1S/C10H6BrClN2O2S/c11-6-3-5(12)1-2-7(6)14-10-13-4-8(17-10)9(15)16/h1-4H,(H,13,14)(H,15,16). The molecule has 0 spiro atoms. The van der Waals surface area contributed by atoms with Gasteiger partial charge in [-0.25, -0.2) is 9.78 Å². The fraction of sp³-hybridized carbons (Fsp3) is 0. The maximum Gasteiger partial charge on any atom is 0.347 e. The molecule has 7 heteroatoms. The van der Waals surface area contributed by atoms with Gasteiger partial charge in [-0.1, -0.05) is 22.9 Å². The molecule has 88 valence electrons. The van der Waals surface area contributed by atoms with E-state index in [0.717, 1.165) is 21.5 Å². The Labute approximate surface area is 114 Å². The molecule has 0 aliphatic heterocycles. The molecule has 0 unspecified atom stereocenters. The molecule has 1 heterocycles. The molecule has 1 aromatic carbocycles. The monoisotopic (exact) mass is 332 g/mol. The van der Waals surface area contributed by atoms with Crippen molar-refractivity contribution in [3.05, 3.63) is 38.8 Å². The maximum atomic E-state index is 10.7. The predicted molar refractivity (Wildman–Crippen MR) is 71.5 cm³/mol. The summed E-state index contributed by atoms with van der Waals surface area (Å²) in [6.45, 7) is 0. The normalized spacial score (nSPS) is 10.2. The van der Waals surface area contributed by atoms with E-state index in [0.29, 0.717) is 10.2 Å². The van der Waals surface area contributed by atoms with Crippen molar-refractivity contribution in [1.82, 2.24) is 4.98 Å². The van der Waals surface area contributed by atoms with Crippen molar-refractivity contribution in [3.63, 3.8) is 0 Å². The molecule has 4 nitrogen and oxygen atoms in total. The lowest BCUT2D eigenvalue weighted by atomic mass is 10.3. The van der Waals surface area contributed by atoms with Crippen molar-refractivity contribution < 1.29 is 9.90 Å². The third kappa shape index (κ3) is 2.96. The Morgan fingerprint density at radius 3 is 2.88 bits per heavy atom. The number of hydrogen-bond acceptors (Lipinski definition) is 4. The number of nitrogens with zero attached hydrogens (tertiary/aromatic N) is 1. The van der Waals surface area contributed by atoms with Crippen LogP contribution in [-0.4, -0.2) is 16.1 Å². The number of carboxylic acid groups (broad SMARTS) is 1. The van der Waals surface area contributed by atoms with Crippen LogP contribution in [0.3, 0.4) is 0 Å². The largest absolute Gasteiger partial charge is 0.477 e. The van der Waals surface area contributed by atoms with Crippen molar-refractivity contribution in [2.45, 2.75) is 0 Å². The second-order valence-corrected chi connectivity index (χ2v) is 5.41. The molecule has 2 N–H and O–H groups in total. The Kier molecular flexibility index (Phi) is 3.66. The van der Waals surface area contributed by atoms with E-state index in [9.17, 15) is 4.79 Å². The SMILES string of the molecule is O=C(O)c1cnc(Nc2ccc(Cl)cc2Br)s1. The van der Waals surface area contributed by atoms with E-state index < -0.39 is 5.97 Å². The third-order valence-corrected chi connectivity index (χ3v) is 3.68. The second kappa shape index (κ2) is 5.03. The number of thiazole rings is 1. The molecule has 2 aromatic rings. The Hall–Kier alpha value is -1.11. The van der Waals surface area contributed by atoms with E-state index in [2.05, 4.69) is 26.2 Å². The molecule has 17 heavy (non-hydrogen) atoms. The molecule has 0 atom stereocenters. The van der Waals surface area contributed by atoms with Crippen LogP contribution in [0, 0.1) is 0 Å². The Morgan fingerprint density at radius 2 is 2.29 bits per heavy atom. The van der Waals surface area contributed by atoms with Gasteiger partial charge >= 0.3 is 5.97 Å². The van der Waals surface area contributed by atoms with Gasteiger partial charge in [0.2, 0.25) is 0 Å². The Bertz CT molecular complexity index is 573. The van der Waals surface area contributed by atoms with E-state index >= 15 is 0 Å². The summed E-state index contributed by atoms with van der Waals surface area (Å²) in [5.74, 6) is -0.981. The average Bonchev–Trinajstić information content (AvgIpc) is 2.71. The van der Waals surface area contributed by atoms with Crippen LogP contribution in [0.4, 0.5) is 10.8 Å². The molecule has 2 rings (SSSR count). The lowest BCUT2D eigenvalue weighted by molar-refractivity contribution is 0.0702. The summed E-state index contributed by atoms with van der Waals surface area (Å²) in [7, 11) is 0. The zero-order chi connectivity index (χ0) is 12.4. The van der Waals surface area contributed by atoms with Crippen molar-refractivity contribution in [3.8, 4) is 0 Å². The summed E-state index contributed by atoms with van der Waals surface area (Å²) < 4.78 is 0.789. The van der Waals surface area contributed by atoms with E-state index in [-0.39, 0.29) is 4.88 Å². The molecule has 0 amide bonds. The summed E-state index contributed by atoms with van der Waals surface area (Å²) in [4.78, 5) is 14.9. The highest BCUT2D eigenvalue weighted by Crippen LogP contribution is 2.30. The summed E-state index contributed by atoms with van der Waals surface area (Å²) in [5, 5.41) is 12.9. The molecule has 0 bridgehead atoms. The first-order chi connectivity index (χ1) is 8.06. The molecule has 0 aliphatic carbocycles. The van der Waals surface area contributed by atoms with Crippen molar-refractivity contribution in [2.24, 2.45) is 0 Å². The highest BCUT2D eigenvalue weighted by atomic mass is 79.9. The van der Waals surface area contributed by atoms with Gasteiger partial charge in [0, 0.05) is 9.50 Å². The van der Waals surface area contributed by atoms with Crippen LogP contribution in [0.1, 0.15) is 9.67 Å². The van der Waals surface area contributed by atoms with Crippen LogP contribution in [0.5, 0.6) is 0 Å². The maximum absolute atomic E-state index is 10.7. The van der Waals surface area contributed by atoms with Crippen LogP contribution in [0.25, 0.3) is 0 Å². The number of carbonyl (C=O) groups is 1. The van der Waals surface area contributed by atoms with Gasteiger partial charge in [-0.3, -0.25) is 0 Å². The molecule has 0 saturated carbocycles. The number of aromatic nitrogens is 1. The summed E-state index contributed by atoms with van der Waals surface area (Å²) >= 11 is 10.2. The quantitative estimate of drug-likeness (QED) is 0.891. The van der Waals surface area contributed by atoms with Crippen molar-refractivity contribution in [2.75, 3.05) is 5.32 Å². The van der Waals surface area contributed by atoms with Crippen LogP contribution in [0.15, 0.2) is 28.9 Å². The van der Waals surface area contributed by atoms with Gasteiger partial charge in [0.05, 0.1) is 11.9 Å². The molecular formula is C10H6BrClN2O2S. The van der Waals surface area contributed by atoms with Gasteiger partial charge in [0.15, 0.2) is 5.13 Å². The van der Waals surface area contributed by atoms with Gasteiger partial charge in [0.25, 0.3) is 0 Å². The lowest BCUT2D eigenvalue weighted by Crippen LogP contribution is -1.90. The van der Waals surface area contributed by atoms with Crippen molar-refractivity contribution >= 4 is 55.7 Å². The summed E-state index contributed by atoms with van der Waals surface area (Å²) in [6, 6.07) is 5.27. The highest BCUT2D eigenvalue weighted by molar-refractivity contribution is 9.10. The molecule has 0 radical (unpaired) electrons. The first-order valence-corrected chi connectivity index (χ1v) is 6.46. The Balaban J connectivity index is 2.22. The van der Waals surface area contributed by atoms with Gasteiger partial charge in [-0.2, -0.15) is 0 Å². The van der Waals surface area contributed by atoms with Crippen LogP contribution >= 0.6 is 38.9 Å². The Morgan fingerprint density at radius 1 is 1.53 bits per heavy atom. The van der Waals surface area contributed by atoms with E-state index in [4.69, 9.17) is 16.7 Å². The second-order valence-electron chi connectivity index (χ2n) is 3.08. The lowest BCUT2D eigenvalue weighted by Gasteiger charge is -2.05. The van der Waals surface area contributed by atoms with Crippen LogP contribution in [0.2, 0.25) is 5.02 Å². The minimum Gasteiger partial charge on any atom is -0.477 e. The van der Waals surface area contributed by atoms with Gasteiger partial charge in [-0.15, -0.1) is 0 Å². The number of benzene rings is 1. The average molecular weight is 334 g/mol. The van der Waals surface area contributed by atoms with Crippen LogP contribution in [-0.2, 0) is 0 Å². The minimum absolute atomic E-state index is 0.192. The highest BCUT2D eigenvalue weighted by Gasteiger charge is 2.09. The number of nitrogens with one attached hydrogen (secondary N) is 1. The van der Waals surface area contributed by atoms with E-state index in [1.54, 1.807) is 18.2 Å². The van der Waals surface area contributed by atoms with Gasteiger partial charge < -0.3 is 10.4 Å². The molecule has 0 saturated heterocycles. The molecular weight excluding hydrogens is 328 g/mol. The number of aromatic carboxylic acids is 1. The number of rotatable bonds is 3. The third-order valence-electron chi connectivity index (χ3n) is 1.89. The molecule has 1 aromatic heterocycles. The predicted octanol–water partition coefficient (Wildman–Crippen LogP) is 4.00. The fourth-order valence-electron chi connectivity index (χ4n) is 1.14. The van der Waals surface area contributed by atoms with E-state index in [1.807, 2.05) is 0 Å². The number of carboxylic acids is 1. The zero-order valence-corrected chi connectivity index (χ0v) is 11.4. The minimum atomic E-state index is -0.981. The van der Waals surface area contributed by atoms with Gasteiger partial charge in [-0.05, 0) is 34.1 Å². The summed E-state index contributed by atoms with van der Waals surface area (Å²) in [5.41, 5.74) is 0.778. The topological polar surface area (TPSA) is 62.2 Å². The number of anilines is 2. The van der Waals surface area contributed by atoms with Crippen molar-refractivity contribution in [1.29, 1.82) is 0 Å². The smallest absolute Gasteiger partial charge is 0.347 e. The van der Waals surface area contributed by atoms with Crippen LogP contribution < -0.4 is 5.32 Å². The zero-order valence-electron chi connectivity index (χ0n) is 8.28.